The predicted octanol–water partition coefficient (Wildman–Crippen LogP) is 2.71. The lowest BCUT2D eigenvalue weighted by Crippen LogP contribution is -2.27. The van der Waals surface area contributed by atoms with Gasteiger partial charge in [-0.2, -0.15) is 13.2 Å². The summed E-state index contributed by atoms with van der Waals surface area (Å²) in [6, 6.07) is 4.47. The van der Waals surface area contributed by atoms with Crippen molar-refractivity contribution in [3.63, 3.8) is 0 Å². The van der Waals surface area contributed by atoms with Crippen molar-refractivity contribution in [2.45, 2.75) is 25.6 Å². The van der Waals surface area contributed by atoms with Crippen molar-refractivity contribution in [3.8, 4) is 0 Å². The second kappa shape index (κ2) is 4.01. The Labute approximate surface area is 107 Å². The molecule has 0 atom stereocenters. The first kappa shape index (κ1) is 13.5. The van der Waals surface area contributed by atoms with E-state index in [4.69, 9.17) is 10.5 Å². The van der Waals surface area contributed by atoms with Crippen LogP contribution in [-0.4, -0.2) is 11.6 Å². The molecule has 2 N–H and O–H groups in total. The molecular weight excluding hydrogens is 259 g/mol. The molecule has 1 aliphatic rings. The van der Waals surface area contributed by atoms with Crippen LogP contribution in [-0.2, 0) is 15.7 Å². The first-order valence-electron chi connectivity index (χ1n) is 5.54. The van der Waals surface area contributed by atoms with Gasteiger partial charge in [0.05, 0.1) is 16.8 Å². The number of nitrogens with two attached hydrogens (primary N) is 1. The molecule has 1 aromatic rings. The van der Waals surface area contributed by atoms with Gasteiger partial charge in [-0.3, -0.25) is 0 Å². The third-order valence-electron chi connectivity index (χ3n) is 2.95. The van der Waals surface area contributed by atoms with Gasteiger partial charge in [-0.05, 0) is 31.5 Å². The summed E-state index contributed by atoms with van der Waals surface area (Å²) in [5, 5.41) is 0. The Kier molecular flexibility index (Phi) is 2.84. The predicted molar refractivity (Wildman–Crippen MR) is 62.7 cm³/mol. The summed E-state index contributed by atoms with van der Waals surface area (Å²) >= 11 is 0. The highest BCUT2D eigenvalue weighted by Gasteiger charge is 2.40. The van der Waals surface area contributed by atoms with Crippen LogP contribution in [0.5, 0.6) is 0 Å². The lowest BCUT2D eigenvalue weighted by atomic mass is 9.97. The highest BCUT2D eigenvalue weighted by molar-refractivity contribution is 6.19. The van der Waals surface area contributed by atoms with Crippen molar-refractivity contribution in [1.82, 2.24) is 0 Å². The Morgan fingerprint density at radius 3 is 2.37 bits per heavy atom. The smallest absolute Gasteiger partial charge is 0.416 e. The molecule has 0 aliphatic carbocycles. The van der Waals surface area contributed by atoms with Crippen molar-refractivity contribution in [1.29, 1.82) is 0 Å². The van der Waals surface area contributed by atoms with Gasteiger partial charge in [0, 0.05) is 0 Å². The number of benzene rings is 1. The van der Waals surface area contributed by atoms with Crippen LogP contribution in [0.2, 0.25) is 0 Å². The van der Waals surface area contributed by atoms with E-state index in [-0.39, 0.29) is 16.8 Å². The molecule has 2 rings (SSSR count). The first-order valence-corrected chi connectivity index (χ1v) is 5.54. The van der Waals surface area contributed by atoms with E-state index in [0.717, 1.165) is 12.1 Å². The number of hydrogen-bond acceptors (Lipinski definition) is 3. The lowest BCUT2D eigenvalue weighted by Gasteiger charge is -2.17. The van der Waals surface area contributed by atoms with Crippen LogP contribution in [0.3, 0.4) is 0 Å². The van der Waals surface area contributed by atoms with Gasteiger partial charge in [0.2, 0.25) is 0 Å². The molecule has 0 amide bonds. The largest absolute Gasteiger partial charge is 0.450 e. The number of hydrogen-bond donors (Lipinski definition) is 1. The van der Waals surface area contributed by atoms with Crippen molar-refractivity contribution in [2.75, 3.05) is 0 Å². The van der Waals surface area contributed by atoms with E-state index in [1.807, 2.05) is 0 Å². The molecule has 0 bridgehead atoms. The molecule has 1 aliphatic heterocycles. The fraction of sp³-hybridized carbons (Fsp3) is 0.308. The summed E-state index contributed by atoms with van der Waals surface area (Å²) in [6.07, 6.45) is -4.47. The molecule has 3 nitrogen and oxygen atoms in total. The summed E-state index contributed by atoms with van der Waals surface area (Å²) in [5.74, 6) is -0.707. The van der Waals surface area contributed by atoms with Crippen LogP contribution in [0.1, 0.15) is 25.0 Å². The minimum atomic E-state index is -4.47. The second-order valence-corrected chi connectivity index (χ2v) is 4.77. The zero-order chi connectivity index (χ0) is 14.4. The highest BCUT2D eigenvalue weighted by atomic mass is 19.4. The standard InChI is InChI=1S/C13H12F3NO2/c1-12(2)10(17)9(11(18)19-12)7-4-3-5-8(6-7)13(14,15)16/h3-6H,17H2,1-2H3. The number of cyclic esters (lactones) is 1. The van der Waals surface area contributed by atoms with Crippen molar-refractivity contribution >= 4 is 11.5 Å². The van der Waals surface area contributed by atoms with Crippen LogP contribution >= 0.6 is 0 Å². The third-order valence-corrected chi connectivity index (χ3v) is 2.95. The molecule has 6 heteroatoms. The molecule has 0 unspecified atom stereocenters. The Morgan fingerprint density at radius 1 is 1.26 bits per heavy atom. The molecule has 1 heterocycles. The fourth-order valence-electron chi connectivity index (χ4n) is 1.87. The van der Waals surface area contributed by atoms with Crippen molar-refractivity contribution in [2.24, 2.45) is 5.73 Å². The maximum atomic E-state index is 12.6. The number of alkyl halides is 3. The minimum Gasteiger partial charge on any atom is -0.450 e. The van der Waals surface area contributed by atoms with E-state index in [1.165, 1.54) is 12.1 Å². The Morgan fingerprint density at radius 2 is 1.89 bits per heavy atom. The number of rotatable bonds is 1. The van der Waals surface area contributed by atoms with Crippen molar-refractivity contribution < 1.29 is 22.7 Å². The van der Waals surface area contributed by atoms with Crippen LogP contribution in [0.25, 0.3) is 5.57 Å². The molecule has 0 fully saturated rings. The van der Waals surface area contributed by atoms with Gasteiger partial charge in [0.15, 0.2) is 0 Å². The molecule has 102 valence electrons. The van der Waals surface area contributed by atoms with E-state index >= 15 is 0 Å². The fourth-order valence-corrected chi connectivity index (χ4v) is 1.87. The topological polar surface area (TPSA) is 52.3 Å². The lowest BCUT2D eigenvalue weighted by molar-refractivity contribution is -0.143. The maximum absolute atomic E-state index is 12.6. The van der Waals surface area contributed by atoms with Crippen LogP contribution in [0.4, 0.5) is 13.2 Å². The summed E-state index contributed by atoms with van der Waals surface area (Å²) in [6.45, 7) is 3.17. The van der Waals surface area contributed by atoms with Crippen molar-refractivity contribution in [3.05, 3.63) is 41.1 Å². The van der Waals surface area contributed by atoms with Gasteiger partial charge in [-0.15, -0.1) is 0 Å². The SMILES string of the molecule is CC1(C)OC(=O)C(c2cccc(C(F)(F)F)c2)=C1N. The third kappa shape index (κ3) is 2.30. The summed E-state index contributed by atoms with van der Waals surface area (Å²) in [4.78, 5) is 11.7. The van der Waals surface area contributed by atoms with Gasteiger partial charge >= 0.3 is 12.1 Å². The van der Waals surface area contributed by atoms with E-state index < -0.39 is 23.3 Å². The normalized spacial score (nSPS) is 18.7. The monoisotopic (exact) mass is 271 g/mol. The van der Waals surface area contributed by atoms with E-state index in [2.05, 4.69) is 0 Å². The van der Waals surface area contributed by atoms with Gasteiger partial charge in [0.25, 0.3) is 0 Å². The molecule has 0 aromatic heterocycles. The van der Waals surface area contributed by atoms with E-state index in [9.17, 15) is 18.0 Å². The Balaban J connectivity index is 2.55. The summed E-state index contributed by atoms with van der Waals surface area (Å²) in [7, 11) is 0. The van der Waals surface area contributed by atoms with Crippen LogP contribution in [0.15, 0.2) is 30.0 Å². The molecule has 0 spiro atoms. The van der Waals surface area contributed by atoms with Crippen LogP contribution in [0, 0.1) is 0 Å². The zero-order valence-corrected chi connectivity index (χ0v) is 10.3. The van der Waals surface area contributed by atoms with Gasteiger partial charge in [0.1, 0.15) is 5.60 Å². The number of carbonyl (C=O) groups excluding carboxylic acids is 1. The number of halogens is 3. The van der Waals surface area contributed by atoms with Gasteiger partial charge in [-0.25, -0.2) is 4.79 Å². The molecule has 0 saturated carbocycles. The number of ether oxygens (including phenoxy) is 1. The van der Waals surface area contributed by atoms with Crippen LogP contribution < -0.4 is 5.73 Å². The number of carbonyl (C=O) groups is 1. The summed E-state index contributed by atoms with van der Waals surface area (Å²) in [5.41, 5.74) is 4.21. The molecular formula is C13H12F3NO2. The van der Waals surface area contributed by atoms with Gasteiger partial charge in [-0.1, -0.05) is 12.1 Å². The van der Waals surface area contributed by atoms with E-state index in [1.54, 1.807) is 13.8 Å². The average molecular weight is 271 g/mol. The maximum Gasteiger partial charge on any atom is 0.416 e. The zero-order valence-electron chi connectivity index (χ0n) is 10.3. The Hall–Kier alpha value is -1.98. The number of esters is 1. The first-order chi connectivity index (χ1) is 8.63. The summed E-state index contributed by atoms with van der Waals surface area (Å²) < 4.78 is 42.9. The highest BCUT2D eigenvalue weighted by Crippen LogP contribution is 2.37. The second-order valence-electron chi connectivity index (χ2n) is 4.77. The Bertz CT molecular complexity index is 573. The minimum absolute atomic E-state index is 0.00361. The van der Waals surface area contributed by atoms with Gasteiger partial charge < -0.3 is 10.5 Å². The molecule has 0 saturated heterocycles. The molecule has 0 radical (unpaired) electrons. The molecule has 1 aromatic carbocycles. The van der Waals surface area contributed by atoms with E-state index in [0.29, 0.717) is 0 Å². The molecule has 19 heavy (non-hydrogen) atoms. The quantitative estimate of drug-likeness (QED) is 0.799. The average Bonchev–Trinajstić information content (AvgIpc) is 2.47.